The van der Waals surface area contributed by atoms with Crippen molar-refractivity contribution >= 4 is 56.6 Å². The second-order valence-electron chi connectivity index (χ2n) is 5.53. The van der Waals surface area contributed by atoms with E-state index in [1.165, 1.54) is 18.2 Å². The number of nitrogens with zero attached hydrogens (tertiary/aromatic N) is 2. The van der Waals surface area contributed by atoms with Crippen molar-refractivity contribution in [1.29, 1.82) is 0 Å². The molecule has 0 radical (unpaired) electrons. The zero-order valence-corrected chi connectivity index (χ0v) is 19.0. The molecule has 3 aromatic rings. The van der Waals surface area contributed by atoms with E-state index in [1.54, 1.807) is 18.2 Å². The number of aromatic hydroxyl groups is 1. The Bertz CT molecular complexity index is 1010. The first-order valence-corrected chi connectivity index (χ1v) is 10.2. The van der Waals surface area contributed by atoms with Crippen molar-refractivity contribution in [3.05, 3.63) is 99.7 Å². The van der Waals surface area contributed by atoms with E-state index in [0.717, 1.165) is 12.7 Å². The third kappa shape index (κ3) is 7.12. The molecular weight excluding hydrogens is 606 g/mol. The minimum Gasteiger partial charge on any atom is -0.502 e. The standard InChI is InChI=1S/C13H10INO3.C6H4INO3/c14-11-6-7-12(15(16)17)13(8-11)18-9-10-4-2-1-3-5-10;7-4-1-2-5(8(10)11)6(9)3-4/h1-8H,9H2;1-3,9H. The summed E-state index contributed by atoms with van der Waals surface area (Å²) >= 11 is 4.06. The van der Waals surface area contributed by atoms with Gasteiger partial charge < -0.3 is 9.84 Å². The number of phenolic OH excluding ortho intramolecular Hbond substituents is 1. The summed E-state index contributed by atoms with van der Waals surface area (Å²) in [4.78, 5) is 20.0. The average molecular weight is 620 g/mol. The molecule has 0 saturated carbocycles. The Morgan fingerprint density at radius 2 is 1.38 bits per heavy atom. The molecule has 3 aromatic carbocycles. The molecule has 0 heterocycles. The van der Waals surface area contributed by atoms with Gasteiger partial charge in [0.1, 0.15) is 6.61 Å². The minimum absolute atomic E-state index is 0.00801. The van der Waals surface area contributed by atoms with Gasteiger partial charge in [-0.3, -0.25) is 20.2 Å². The summed E-state index contributed by atoms with van der Waals surface area (Å²) in [5.74, 6) is 0.0117. The Labute approximate surface area is 193 Å². The van der Waals surface area contributed by atoms with Crippen LogP contribution >= 0.6 is 45.2 Å². The van der Waals surface area contributed by atoms with Crippen LogP contribution in [0.25, 0.3) is 0 Å². The molecule has 8 nitrogen and oxygen atoms in total. The highest BCUT2D eigenvalue weighted by molar-refractivity contribution is 14.1. The summed E-state index contributed by atoms with van der Waals surface area (Å²) in [5.41, 5.74) is 0.711. The third-order valence-electron chi connectivity index (χ3n) is 3.49. The third-order valence-corrected chi connectivity index (χ3v) is 4.83. The normalized spacial score (nSPS) is 9.86. The fourth-order valence-corrected chi connectivity index (χ4v) is 3.08. The van der Waals surface area contributed by atoms with Gasteiger partial charge in [0.2, 0.25) is 0 Å². The monoisotopic (exact) mass is 620 g/mol. The van der Waals surface area contributed by atoms with Gasteiger partial charge in [-0.25, -0.2) is 0 Å². The predicted molar refractivity (Wildman–Crippen MR) is 124 cm³/mol. The van der Waals surface area contributed by atoms with Crippen molar-refractivity contribution in [3.63, 3.8) is 0 Å². The van der Waals surface area contributed by atoms with Crippen molar-refractivity contribution in [2.24, 2.45) is 0 Å². The van der Waals surface area contributed by atoms with E-state index in [0.29, 0.717) is 12.4 Å². The molecule has 0 bridgehead atoms. The van der Waals surface area contributed by atoms with Gasteiger partial charge in [-0.1, -0.05) is 30.3 Å². The Morgan fingerprint density at radius 1 is 0.828 bits per heavy atom. The second kappa shape index (κ2) is 10.9. The van der Waals surface area contributed by atoms with Crippen LogP contribution in [0.3, 0.4) is 0 Å². The lowest BCUT2D eigenvalue weighted by Gasteiger charge is -2.07. The first-order chi connectivity index (χ1) is 13.8. The topological polar surface area (TPSA) is 116 Å². The summed E-state index contributed by atoms with van der Waals surface area (Å²) in [6.45, 7) is 0.321. The van der Waals surface area contributed by atoms with E-state index < -0.39 is 9.85 Å². The molecule has 0 aliphatic heterocycles. The highest BCUT2D eigenvalue weighted by Gasteiger charge is 2.15. The maximum atomic E-state index is 10.9. The molecule has 0 aromatic heterocycles. The molecule has 0 atom stereocenters. The van der Waals surface area contributed by atoms with Crippen molar-refractivity contribution in [2.45, 2.75) is 6.61 Å². The maximum Gasteiger partial charge on any atom is 0.311 e. The zero-order valence-electron chi connectivity index (χ0n) is 14.7. The molecule has 0 spiro atoms. The summed E-state index contributed by atoms with van der Waals surface area (Å²) in [6.07, 6.45) is 0. The van der Waals surface area contributed by atoms with Crippen LogP contribution in [0.2, 0.25) is 0 Å². The molecular formula is C19H14I2N2O6. The van der Waals surface area contributed by atoms with Crippen LogP contribution in [-0.4, -0.2) is 15.0 Å². The van der Waals surface area contributed by atoms with Crippen LogP contribution in [0.4, 0.5) is 11.4 Å². The largest absolute Gasteiger partial charge is 0.502 e. The fourth-order valence-electron chi connectivity index (χ4n) is 2.14. The van der Waals surface area contributed by atoms with Crippen LogP contribution in [0.1, 0.15) is 5.56 Å². The van der Waals surface area contributed by atoms with Crippen LogP contribution in [0.5, 0.6) is 11.5 Å². The van der Waals surface area contributed by atoms with Crippen molar-refractivity contribution in [3.8, 4) is 11.5 Å². The van der Waals surface area contributed by atoms with Gasteiger partial charge in [-0.2, -0.15) is 0 Å². The molecule has 0 saturated heterocycles. The van der Waals surface area contributed by atoms with Crippen LogP contribution in [-0.2, 0) is 6.61 Å². The maximum absolute atomic E-state index is 10.9. The van der Waals surface area contributed by atoms with Crippen LogP contribution < -0.4 is 4.74 Å². The Hall–Kier alpha value is -2.48. The molecule has 10 heteroatoms. The number of phenols is 1. The van der Waals surface area contributed by atoms with Gasteiger partial charge >= 0.3 is 11.4 Å². The SMILES string of the molecule is O=[N+]([O-])c1ccc(I)cc1O.O=[N+]([O-])c1ccc(I)cc1OCc1ccccc1. The summed E-state index contributed by atoms with van der Waals surface area (Å²) in [7, 11) is 0. The zero-order chi connectivity index (χ0) is 21.4. The van der Waals surface area contributed by atoms with E-state index in [1.807, 2.05) is 52.9 Å². The molecule has 0 amide bonds. The second-order valence-corrected chi connectivity index (χ2v) is 8.02. The van der Waals surface area contributed by atoms with Crippen molar-refractivity contribution in [1.82, 2.24) is 0 Å². The highest BCUT2D eigenvalue weighted by atomic mass is 127. The summed E-state index contributed by atoms with van der Waals surface area (Å²) in [6, 6.07) is 18.6. The lowest BCUT2D eigenvalue weighted by Crippen LogP contribution is -1.99. The molecule has 0 unspecified atom stereocenters. The first kappa shape index (κ1) is 22.8. The van der Waals surface area contributed by atoms with Crippen molar-refractivity contribution < 1.29 is 19.7 Å². The number of rotatable bonds is 5. The number of hydrogen-bond acceptors (Lipinski definition) is 6. The van der Waals surface area contributed by atoms with Gasteiger partial charge in [0, 0.05) is 31.4 Å². The lowest BCUT2D eigenvalue weighted by molar-refractivity contribution is -0.386. The number of nitro benzene ring substituents is 2. The first-order valence-electron chi connectivity index (χ1n) is 8.01. The summed E-state index contributed by atoms with van der Waals surface area (Å²) in [5, 5.41) is 30.1. The van der Waals surface area contributed by atoms with Crippen molar-refractivity contribution in [2.75, 3.05) is 0 Å². The van der Waals surface area contributed by atoms with E-state index in [-0.39, 0.29) is 17.1 Å². The van der Waals surface area contributed by atoms with E-state index in [2.05, 4.69) is 22.6 Å². The van der Waals surface area contributed by atoms with Crippen LogP contribution in [0.15, 0.2) is 66.7 Å². The Kier molecular flexibility index (Phi) is 8.57. The van der Waals surface area contributed by atoms with E-state index in [9.17, 15) is 20.2 Å². The Balaban J connectivity index is 0.000000234. The quantitative estimate of drug-likeness (QED) is 0.223. The minimum atomic E-state index is -0.620. The van der Waals surface area contributed by atoms with Gasteiger partial charge in [0.05, 0.1) is 9.85 Å². The summed E-state index contributed by atoms with van der Waals surface area (Å²) < 4.78 is 7.19. The number of ether oxygens (including phenoxy) is 1. The highest BCUT2D eigenvalue weighted by Crippen LogP contribution is 2.29. The molecule has 150 valence electrons. The average Bonchev–Trinajstić information content (AvgIpc) is 2.67. The Morgan fingerprint density at radius 3 is 1.93 bits per heavy atom. The van der Waals surface area contributed by atoms with E-state index in [4.69, 9.17) is 9.84 Å². The molecule has 1 N–H and O–H groups in total. The fraction of sp³-hybridized carbons (Fsp3) is 0.0526. The molecule has 0 fully saturated rings. The van der Waals surface area contributed by atoms with Gasteiger partial charge in [0.25, 0.3) is 0 Å². The number of benzene rings is 3. The number of hydrogen-bond donors (Lipinski definition) is 1. The molecule has 3 rings (SSSR count). The van der Waals surface area contributed by atoms with E-state index >= 15 is 0 Å². The lowest BCUT2D eigenvalue weighted by atomic mass is 10.2. The molecule has 0 aliphatic carbocycles. The van der Waals surface area contributed by atoms with Crippen LogP contribution in [0, 0.1) is 27.4 Å². The smallest absolute Gasteiger partial charge is 0.311 e. The number of halogens is 2. The van der Waals surface area contributed by atoms with Gasteiger partial charge in [-0.05, 0) is 62.9 Å². The van der Waals surface area contributed by atoms with Gasteiger partial charge in [-0.15, -0.1) is 0 Å². The van der Waals surface area contributed by atoms with Gasteiger partial charge in [0.15, 0.2) is 11.5 Å². The molecule has 0 aliphatic rings. The molecule has 29 heavy (non-hydrogen) atoms. The number of nitro groups is 2. The predicted octanol–water partition coefficient (Wildman–Crippen LogP) is 5.68.